The molecule has 2 heterocycles. The van der Waals surface area contributed by atoms with Crippen LogP contribution >= 0.6 is 11.3 Å². The average Bonchev–Trinajstić information content (AvgIpc) is 2.99. The number of carbonyl (C=O) groups is 1. The van der Waals surface area contributed by atoms with Gasteiger partial charge in [0.05, 0.1) is 6.61 Å². The fourth-order valence-electron chi connectivity index (χ4n) is 1.38. The molecule has 2 rings (SSSR count). The Kier molecular flexibility index (Phi) is 4.30. The number of carbonyl (C=O) groups excluding carboxylic acids is 1. The van der Waals surface area contributed by atoms with E-state index in [0.29, 0.717) is 19.0 Å². The maximum Gasteiger partial charge on any atom is 0.337 e. The zero-order valence-corrected chi connectivity index (χ0v) is 10.8. The van der Waals surface area contributed by atoms with Gasteiger partial charge in [-0.05, 0) is 24.8 Å². The van der Waals surface area contributed by atoms with Gasteiger partial charge in [-0.1, -0.05) is 6.07 Å². The Hall–Kier alpha value is -1.89. The minimum absolute atomic E-state index is 0.0948. The SMILES string of the molecule is CCOc1n[nH]c(NC(=O)CCc2cccs2)n1. The van der Waals surface area contributed by atoms with E-state index < -0.39 is 0 Å². The largest absolute Gasteiger partial charge is 0.463 e. The van der Waals surface area contributed by atoms with Crippen LogP contribution in [0.15, 0.2) is 17.5 Å². The molecule has 6 nitrogen and oxygen atoms in total. The topological polar surface area (TPSA) is 79.9 Å². The first-order valence-corrected chi connectivity index (χ1v) is 6.53. The third-order valence-electron chi connectivity index (χ3n) is 2.17. The summed E-state index contributed by atoms with van der Waals surface area (Å²) in [4.78, 5) is 16.8. The second kappa shape index (κ2) is 6.15. The van der Waals surface area contributed by atoms with Gasteiger partial charge in [-0.2, -0.15) is 4.98 Å². The molecule has 0 aromatic carbocycles. The molecule has 0 bridgehead atoms. The maximum absolute atomic E-state index is 11.6. The van der Waals surface area contributed by atoms with E-state index >= 15 is 0 Å². The minimum atomic E-state index is -0.0948. The van der Waals surface area contributed by atoms with E-state index in [0.717, 1.165) is 6.42 Å². The van der Waals surface area contributed by atoms with Crippen LogP contribution in [0.5, 0.6) is 6.01 Å². The number of hydrogen-bond donors (Lipinski definition) is 2. The molecule has 1 amide bonds. The lowest BCUT2D eigenvalue weighted by molar-refractivity contribution is -0.116. The van der Waals surface area contributed by atoms with Crippen molar-refractivity contribution in [3.63, 3.8) is 0 Å². The smallest absolute Gasteiger partial charge is 0.337 e. The predicted octanol–water partition coefficient (Wildman–Crippen LogP) is 1.84. The summed E-state index contributed by atoms with van der Waals surface area (Å²) in [6.07, 6.45) is 1.15. The van der Waals surface area contributed by atoms with Crippen LogP contribution in [0.4, 0.5) is 5.95 Å². The molecule has 2 N–H and O–H groups in total. The summed E-state index contributed by atoms with van der Waals surface area (Å²) in [7, 11) is 0. The highest BCUT2D eigenvalue weighted by atomic mass is 32.1. The number of anilines is 1. The molecule has 96 valence electrons. The number of aromatic nitrogens is 3. The summed E-state index contributed by atoms with van der Waals surface area (Å²) in [5, 5.41) is 11.0. The molecule has 0 unspecified atom stereocenters. The van der Waals surface area contributed by atoms with Gasteiger partial charge in [0.15, 0.2) is 0 Å². The molecule has 2 aromatic heterocycles. The van der Waals surface area contributed by atoms with Gasteiger partial charge in [-0.3, -0.25) is 10.1 Å². The zero-order valence-electron chi connectivity index (χ0n) is 9.97. The molecule has 0 atom stereocenters. The lowest BCUT2D eigenvalue weighted by atomic mass is 10.2. The second-order valence-electron chi connectivity index (χ2n) is 3.53. The van der Waals surface area contributed by atoms with Gasteiger partial charge in [0.25, 0.3) is 0 Å². The van der Waals surface area contributed by atoms with Crippen molar-refractivity contribution in [3.8, 4) is 6.01 Å². The first-order valence-electron chi connectivity index (χ1n) is 5.65. The Balaban J connectivity index is 1.79. The fourth-order valence-corrected chi connectivity index (χ4v) is 2.09. The number of thiophene rings is 1. The van der Waals surface area contributed by atoms with Crippen LogP contribution in [-0.2, 0) is 11.2 Å². The van der Waals surface area contributed by atoms with Crippen molar-refractivity contribution in [2.45, 2.75) is 19.8 Å². The van der Waals surface area contributed by atoms with Crippen molar-refractivity contribution in [3.05, 3.63) is 22.4 Å². The molecule has 0 aliphatic rings. The molecule has 0 saturated heterocycles. The fraction of sp³-hybridized carbons (Fsp3) is 0.364. The zero-order chi connectivity index (χ0) is 12.8. The lowest BCUT2D eigenvalue weighted by Gasteiger charge is -1.99. The highest BCUT2D eigenvalue weighted by molar-refractivity contribution is 7.09. The first kappa shape index (κ1) is 12.6. The Morgan fingerprint density at radius 3 is 3.22 bits per heavy atom. The number of aryl methyl sites for hydroxylation is 1. The van der Waals surface area contributed by atoms with Crippen molar-refractivity contribution < 1.29 is 9.53 Å². The normalized spacial score (nSPS) is 10.3. The van der Waals surface area contributed by atoms with Crippen LogP contribution in [-0.4, -0.2) is 27.7 Å². The summed E-state index contributed by atoms with van der Waals surface area (Å²) in [5.41, 5.74) is 0. The number of rotatable bonds is 6. The molecule has 0 radical (unpaired) electrons. The van der Waals surface area contributed by atoms with Gasteiger partial charge < -0.3 is 4.74 Å². The summed E-state index contributed by atoms with van der Waals surface area (Å²) < 4.78 is 5.08. The van der Waals surface area contributed by atoms with Gasteiger partial charge in [-0.15, -0.1) is 16.4 Å². The molecule has 0 aliphatic carbocycles. The van der Waals surface area contributed by atoms with E-state index in [1.807, 2.05) is 24.4 Å². The number of nitrogens with one attached hydrogen (secondary N) is 2. The summed E-state index contributed by atoms with van der Waals surface area (Å²) >= 11 is 1.65. The maximum atomic E-state index is 11.6. The molecule has 2 aromatic rings. The lowest BCUT2D eigenvalue weighted by Crippen LogP contribution is -2.13. The minimum Gasteiger partial charge on any atom is -0.463 e. The second-order valence-corrected chi connectivity index (χ2v) is 4.56. The summed E-state index contributed by atoms with van der Waals surface area (Å²) in [5.74, 6) is 0.220. The highest BCUT2D eigenvalue weighted by Gasteiger charge is 2.08. The van der Waals surface area contributed by atoms with Crippen LogP contribution in [0, 0.1) is 0 Å². The highest BCUT2D eigenvalue weighted by Crippen LogP contribution is 2.11. The van der Waals surface area contributed by atoms with Gasteiger partial charge in [-0.25, -0.2) is 5.10 Å². The Bertz CT molecular complexity index is 495. The molecule has 18 heavy (non-hydrogen) atoms. The van der Waals surface area contributed by atoms with Gasteiger partial charge in [0.2, 0.25) is 11.9 Å². The number of nitrogens with zero attached hydrogens (tertiary/aromatic N) is 2. The number of amides is 1. The van der Waals surface area contributed by atoms with Gasteiger partial charge in [0.1, 0.15) is 0 Å². The summed E-state index contributed by atoms with van der Waals surface area (Å²) in [6, 6.07) is 4.23. The quantitative estimate of drug-likeness (QED) is 0.836. The number of H-pyrrole nitrogens is 1. The number of ether oxygens (including phenoxy) is 1. The monoisotopic (exact) mass is 266 g/mol. The Labute approximate surface area is 108 Å². The molecule has 0 fully saturated rings. The van der Waals surface area contributed by atoms with E-state index in [4.69, 9.17) is 4.74 Å². The van der Waals surface area contributed by atoms with Gasteiger partial charge in [0, 0.05) is 11.3 Å². The molecular formula is C11H14N4O2S. The molecule has 0 spiro atoms. The first-order chi connectivity index (χ1) is 8.78. The number of hydrogen-bond acceptors (Lipinski definition) is 5. The molecular weight excluding hydrogens is 252 g/mol. The third kappa shape index (κ3) is 3.56. The van der Waals surface area contributed by atoms with E-state index in [1.165, 1.54) is 4.88 Å². The van der Waals surface area contributed by atoms with E-state index in [-0.39, 0.29) is 11.9 Å². The average molecular weight is 266 g/mol. The van der Waals surface area contributed by atoms with E-state index in [9.17, 15) is 4.79 Å². The predicted molar refractivity (Wildman–Crippen MR) is 68.8 cm³/mol. The standard InChI is InChI=1S/C11H14N4O2S/c1-2-17-11-13-10(14-15-11)12-9(16)6-5-8-4-3-7-18-8/h3-4,7H,2,5-6H2,1H3,(H2,12,13,14,15,16). The van der Waals surface area contributed by atoms with E-state index in [2.05, 4.69) is 20.5 Å². The van der Waals surface area contributed by atoms with E-state index in [1.54, 1.807) is 11.3 Å². The van der Waals surface area contributed by atoms with Gasteiger partial charge >= 0.3 is 6.01 Å². The molecule has 0 saturated carbocycles. The summed E-state index contributed by atoms with van der Waals surface area (Å²) in [6.45, 7) is 2.33. The van der Waals surface area contributed by atoms with Crippen molar-refractivity contribution in [1.82, 2.24) is 15.2 Å². The van der Waals surface area contributed by atoms with Crippen LogP contribution in [0.3, 0.4) is 0 Å². The van der Waals surface area contributed by atoms with Crippen LogP contribution in [0.1, 0.15) is 18.2 Å². The van der Waals surface area contributed by atoms with Crippen molar-refractivity contribution >= 4 is 23.2 Å². The van der Waals surface area contributed by atoms with Crippen molar-refractivity contribution in [1.29, 1.82) is 0 Å². The van der Waals surface area contributed by atoms with Crippen molar-refractivity contribution in [2.24, 2.45) is 0 Å². The molecule has 7 heteroatoms. The van der Waals surface area contributed by atoms with Crippen LogP contribution in [0.25, 0.3) is 0 Å². The van der Waals surface area contributed by atoms with Crippen molar-refractivity contribution in [2.75, 3.05) is 11.9 Å². The molecule has 0 aliphatic heterocycles. The number of aromatic amines is 1. The van der Waals surface area contributed by atoms with Crippen LogP contribution in [0.2, 0.25) is 0 Å². The Morgan fingerprint density at radius 2 is 2.50 bits per heavy atom. The third-order valence-corrected chi connectivity index (χ3v) is 3.11. The Morgan fingerprint density at radius 1 is 1.61 bits per heavy atom. The van der Waals surface area contributed by atoms with Crippen LogP contribution < -0.4 is 10.1 Å².